The third kappa shape index (κ3) is 1.70. The van der Waals surface area contributed by atoms with Gasteiger partial charge in [0.25, 0.3) is 0 Å². The van der Waals surface area contributed by atoms with Crippen LogP contribution in [0.25, 0.3) is 11.1 Å². The number of hydrogen-bond donors (Lipinski definition) is 0. The minimum atomic E-state index is -0.310. The smallest absolute Gasteiger partial charge is 0.198 e. The predicted molar refractivity (Wildman–Crippen MR) is 62.1 cm³/mol. The molecule has 0 saturated heterocycles. The van der Waals surface area contributed by atoms with E-state index in [4.69, 9.17) is 4.42 Å². The first-order valence-corrected chi connectivity index (χ1v) is 5.59. The second kappa shape index (κ2) is 3.89. The van der Waals surface area contributed by atoms with Gasteiger partial charge in [-0.2, -0.15) is 0 Å². The van der Waals surface area contributed by atoms with Crippen LogP contribution in [0.3, 0.4) is 0 Å². The molecule has 2 nitrogen and oxygen atoms in total. The highest BCUT2D eigenvalue weighted by molar-refractivity contribution is 5.77. The van der Waals surface area contributed by atoms with Gasteiger partial charge in [-0.1, -0.05) is 33.8 Å². The summed E-state index contributed by atoms with van der Waals surface area (Å²) in [5, 5.41) is 0. The highest BCUT2D eigenvalue weighted by Crippen LogP contribution is 2.30. The summed E-state index contributed by atoms with van der Waals surface area (Å²) in [4.78, 5) is 4.21. The molecule has 0 amide bonds. The predicted octanol–water partition coefficient (Wildman–Crippen LogP) is 4.21. The van der Waals surface area contributed by atoms with E-state index in [1.54, 1.807) is 6.07 Å². The van der Waals surface area contributed by atoms with Crippen molar-refractivity contribution in [1.29, 1.82) is 0 Å². The fraction of sp³-hybridized carbons (Fsp3) is 0.462. The fourth-order valence-electron chi connectivity index (χ4n) is 1.71. The molecule has 0 radical (unpaired) electrons. The van der Waals surface area contributed by atoms with E-state index in [2.05, 4.69) is 18.8 Å². The average molecular weight is 221 g/mol. The largest absolute Gasteiger partial charge is 0.440 e. The van der Waals surface area contributed by atoms with Gasteiger partial charge >= 0.3 is 0 Å². The Morgan fingerprint density at radius 2 is 1.81 bits per heavy atom. The second-order valence-electron chi connectivity index (χ2n) is 4.68. The summed E-state index contributed by atoms with van der Waals surface area (Å²) in [5.74, 6) is 0.764. The van der Waals surface area contributed by atoms with E-state index in [9.17, 15) is 4.39 Å². The molecule has 0 saturated carbocycles. The SMILES string of the molecule is CC(C)c1nc2c(F)ccc(C(C)C)c2o1. The van der Waals surface area contributed by atoms with Gasteiger partial charge in [0.2, 0.25) is 0 Å². The summed E-state index contributed by atoms with van der Waals surface area (Å²) < 4.78 is 19.2. The Bertz CT molecular complexity index is 514. The normalized spacial score (nSPS) is 11.9. The Hall–Kier alpha value is -1.38. The lowest BCUT2D eigenvalue weighted by molar-refractivity contribution is 0.498. The van der Waals surface area contributed by atoms with Crippen LogP contribution in [0, 0.1) is 5.82 Å². The molecule has 1 aromatic carbocycles. The number of rotatable bonds is 2. The Balaban J connectivity index is 2.72. The highest BCUT2D eigenvalue weighted by Gasteiger charge is 2.17. The fourth-order valence-corrected chi connectivity index (χ4v) is 1.71. The summed E-state index contributed by atoms with van der Waals surface area (Å²) in [6.45, 7) is 8.09. The summed E-state index contributed by atoms with van der Waals surface area (Å²) >= 11 is 0. The number of oxazole rings is 1. The number of nitrogens with zero attached hydrogens (tertiary/aromatic N) is 1. The van der Waals surface area contributed by atoms with E-state index >= 15 is 0 Å². The molecule has 0 fully saturated rings. The van der Waals surface area contributed by atoms with Gasteiger partial charge in [0.1, 0.15) is 5.52 Å². The summed E-state index contributed by atoms with van der Waals surface area (Å²) in [6, 6.07) is 3.24. The van der Waals surface area contributed by atoms with Crippen LogP contribution in [0.4, 0.5) is 4.39 Å². The van der Waals surface area contributed by atoms with Crippen molar-refractivity contribution in [3.05, 3.63) is 29.4 Å². The molecular weight excluding hydrogens is 205 g/mol. The maximum atomic E-state index is 13.6. The van der Waals surface area contributed by atoms with Crippen molar-refractivity contribution in [3.63, 3.8) is 0 Å². The van der Waals surface area contributed by atoms with Crippen molar-refractivity contribution in [2.75, 3.05) is 0 Å². The van der Waals surface area contributed by atoms with E-state index in [1.165, 1.54) is 6.07 Å². The minimum Gasteiger partial charge on any atom is -0.440 e. The van der Waals surface area contributed by atoms with Crippen molar-refractivity contribution >= 4 is 11.1 Å². The summed E-state index contributed by atoms with van der Waals surface area (Å²) in [6.07, 6.45) is 0. The van der Waals surface area contributed by atoms with Crippen LogP contribution in [0.2, 0.25) is 0 Å². The van der Waals surface area contributed by atoms with Gasteiger partial charge in [-0.15, -0.1) is 0 Å². The van der Waals surface area contributed by atoms with Crippen LogP contribution in [0.1, 0.15) is 51.0 Å². The Labute approximate surface area is 94.5 Å². The molecule has 0 bridgehead atoms. The lowest BCUT2D eigenvalue weighted by atomic mass is 10.0. The molecule has 2 aromatic rings. The van der Waals surface area contributed by atoms with E-state index in [1.807, 2.05) is 13.8 Å². The van der Waals surface area contributed by atoms with Crippen molar-refractivity contribution in [2.45, 2.75) is 39.5 Å². The standard InChI is InChI=1S/C13H16FNO/c1-7(2)9-5-6-10(14)11-12(9)16-13(15-11)8(3)4/h5-8H,1-4H3. The van der Waals surface area contributed by atoms with Crippen molar-refractivity contribution in [3.8, 4) is 0 Å². The van der Waals surface area contributed by atoms with Gasteiger partial charge in [-0.3, -0.25) is 0 Å². The van der Waals surface area contributed by atoms with Crippen LogP contribution in [-0.2, 0) is 0 Å². The maximum absolute atomic E-state index is 13.6. The molecule has 0 aliphatic carbocycles. The van der Waals surface area contributed by atoms with Gasteiger partial charge < -0.3 is 4.42 Å². The first kappa shape index (κ1) is 11.1. The molecule has 0 N–H and O–H groups in total. The molecule has 1 aromatic heterocycles. The zero-order chi connectivity index (χ0) is 11.9. The van der Waals surface area contributed by atoms with Gasteiger partial charge in [-0.25, -0.2) is 9.37 Å². The topological polar surface area (TPSA) is 26.0 Å². The molecule has 0 aliphatic rings. The van der Waals surface area contributed by atoms with Crippen LogP contribution < -0.4 is 0 Å². The molecule has 1 heterocycles. The van der Waals surface area contributed by atoms with Gasteiger partial charge in [0.15, 0.2) is 17.3 Å². The van der Waals surface area contributed by atoms with Crippen molar-refractivity contribution in [2.24, 2.45) is 0 Å². The number of aromatic nitrogens is 1. The molecule has 0 atom stereocenters. The van der Waals surface area contributed by atoms with Crippen LogP contribution in [0.5, 0.6) is 0 Å². The molecule has 16 heavy (non-hydrogen) atoms. The third-order valence-corrected chi connectivity index (χ3v) is 2.66. The van der Waals surface area contributed by atoms with Gasteiger partial charge in [0.05, 0.1) is 0 Å². The average Bonchev–Trinajstić information content (AvgIpc) is 2.62. The quantitative estimate of drug-likeness (QED) is 0.759. The van der Waals surface area contributed by atoms with Crippen molar-refractivity contribution in [1.82, 2.24) is 4.98 Å². The molecule has 2 rings (SSSR count). The lowest BCUT2D eigenvalue weighted by Crippen LogP contribution is -1.89. The maximum Gasteiger partial charge on any atom is 0.198 e. The van der Waals surface area contributed by atoms with Crippen LogP contribution in [-0.4, -0.2) is 4.98 Å². The second-order valence-corrected chi connectivity index (χ2v) is 4.68. The molecule has 3 heteroatoms. The monoisotopic (exact) mass is 221 g/mol. The molecule has 86 valence electrons. The number of benzene rings is 1. The zero-order valence-electron chi connectivity index (χ0n) is 10.0. The first-order chi connectivity index (χ1) is 7.50. The first-order valence-electron chi connectivity index (χ1n) is 5.59. The third-order valence-electron chi connectivity index (χ3n) is 2.66. The Morgan fingerprint density at radius 3 is 2.38 bits per heavy atom. The molecular formula is C13H16FNO. The Kier molecular flexibility index (Phi) is 2.70. The van der Waals surface area contributed by atoms with Crippen molar-refractivity contribution < 1.29 is 8.81 Å². The van der Waals surface area contributed by atoms with E-state index < -0.39 is 0 Å². The van der Waals surface area contributed by atoms with Gasteiger partial charge in [0, 0.05) is 5.92 Å². The number of hydrogen-bond acceptors (Lipinski definition) is 2. The minimum absolute atomic E-state index is 0.173. The van der Waals surface area contributed by atoms with E-state index in [0.29, 0.717) is 22.9 Å². The molecule has 0 unspecified atom stereocenters. The van der Waals surface area contributed by atoms with Crippen LogP contribution >= 0.6 is 0 Å². The summed E-state index contributed by atoms with van der Waals surface area (Å²) in [7, 11) is 0. The zero-order valence-corrected chi connectivity index (χ0v) is 10.0. The van der Waals surface area contributed by atoms with Gasteiger partial charge in [-0.05, 0) is 17.5 Å². The van der Waals surface area contributed by atoms with Crippen LogP contribution in [0.15, 0.2) is 16.5 Å². The van der Waals surface area contributed by atoms with E-state index in [-0.39, 0.29) is 11.7 Å². The Morgan fingerprint density at radius 1 is 1.12 bits per heavy atom. The highest BCUT2D eigenvalue weighted by atomic mass is 19.1. The number of fused-ring (bicyclic) bond motifs is 1. The van der Waals surface area contributed by atoms with E-state index in [0.717, 1.165) is 5.56 Å². The lowest BCUT2D eigenvalue weighted by Gasteiger charge is -2.04. The molecule has 0 aliphatic heterocycles. The summed E-state index contributed by atoms with van der Waals surface area (Å²) in [5.41, 5.74) is 1.96. The molecule has 0 spiro atoms. The number of halogens is 1.